The molecule has 0 radical (unpaired) electrons. The van der Waals surface area contributed by atoms with E-state index in [1.54, 1.807) is 0 Å². The summed E-state index contributed by atoms with van der Waals surface area (Å²) in [7, 11) is 0. The van der Waals surface area contributed by atoms with Crippen molar-refractivity contribution in [2.24, 2.45) is 11.3 Å². The maximum Gasteiger partial charge on any atom is 0.119 e. The van der Waals surface area contributed by atoms with Gasteiger partial charge >= 0.3 is 0 Å². The van der Waals surface area contributed by atoms with Gasteiger partial charge in [-0.1, -0.05) is 51.5 Å². The highest BCUT2D eigenvalue weighted by molar-refractivity contribution is 5.48. The average Bonchev–Trinajstić information content (AvgIpc) is 2.73. The summed E-state index contributed by atoms with van der Waals surface area (Å²) >= 11 is 0. The van der Waals surface area contributed by atoms with E-state index in [4.69, 9.17) is 0 Å². The third kappa shape index (κ3) is 2.75. The number of hydrogen-bond donors (Lipinski definition) is 2. The van der Waals surface area contributed by atoms with Crippen molar-refractivity contribution in [3.8, 4) is 11.5 Å². The second-order valence-electron chi connectivity index (χ2n) is 10.8. The third-order valence-electron chi connectivity index (χ3n) is 9.08. The van der Waals surface area contributed by atoms with E-state index in [-0.39, 0.29) is 10.8 Å². The molecule has 6 rings (SSSR count). The third-order valence-corrected chi connectivity index (χ3v) is 9.08. The topological polar surface area (TPSA) is 40.5 Å². The van der Waals surface area contributed by atoms with Crippen LogP contribution < -0.4 is 0 Å². The average molecular weight is 405 g/mol. The second-order valence-corrected chi connectivity index (χ2v) is 10.8. The minimum Gasteiger partial charge on any atom is -0.508 e. The lowest BCUT2D eigenvalue weighted by Crippen LogP contribution is -2.60. The van der Waals surface area contributed by atoms with Crippen molar-refractivity contribution in [2.45, 2.75) is 89.4 Å². The number of hydrogen-bond acceptors (Lipinski definition) is 2. The zero-order valence-corrected chi connectivity index (χ0v) is 18.8. The molecule has 160 valence electrons. The molecule has 2 nitrogen and oxygen atoms in total. The molecule has 0 heterocycles. The second kappa shape index (κ2) is 6.77. The summed E-state index contributed by atoms with van der Waals surface area (Å²) in [5.74, 6) is 1.67. The van der Waals surface area contributed by atoms with Crippen LogP contribution in [-0.4, -0.2) is 10.2 Å². The Balaban J connectivity index is 1.69. The molecule has 4 saturated carbocycles. The van der Waals surface area contributed by atoms with Crippen LogP contribution in [0.25, 0.3) is 0 Å². The summed E-state index contributed by atoms with van der Waals surface area (Å²) in [6, 6.07) is 12.7. The van der Waals surface area contributed by atoms with Crippen molar-refractivity contribution in [1.82, 2.24) is 0 Å². The predicted molar refractivity (Wildman–Crippen MR) is 122 cm³/mol. The SMILES string of the molecule is CCc1cc(C23CC4CC(CC)(C2)CC(c2cccc(O)c2CC)(C4)C3)ccc1O. The Hall–Kier alpha value is -1.96. The molecule has 0 aliphatic heterocycles. The fourth-order valence-corrected chi connectivity index (χ4v) is 8.30. The minimum absolute atomic E-state index is 0.170. The molecule has 4 aliphatic carbocycles. The largest absolute Gasteiger partial charge is 0.508 e. The highest BCUT2D eigenvalue weighted by atomic mass is 16.3. The van der Waals surface area contributed by atoms with Crippen LogP contribution in [0, 0.1) is 11.3 Å². The van der Waals surface area contributed by atoms with Crippen LogP contribution in [0.5, 0.6) is 11.5 Å². The van der Waals surface area contributed by atoms with E-state index in [9.17, 15) is 10.2 Å². The molecule has 0 saturated heterocycles. The summed E-state index contributed by atoms with van der Waals surface area (Å²) in [5, 5.41) is 21.0. The van der Waals surface area contributed by atoms with Crippen LogP contribution in [0.4, 0.5) is 0 Å². The summed E-state index contributed by atoms with van der Waals surface area (Å²) in [5.41, 5.74) is 5.88. The van der Waals surface area contributed by atoms with E-state index < -0.39 is 0 Å². The Morgan fingerprint density at radius 1 is 0.833 bits per heavy atom. The molecule has 2 N–H and O–H groups in total. The Labute approximate surface area is 181 Å². The zero-order chi connectivity index (χ0) is 21.1. The predicted octanol–water partition coefficient (Wildman–Crippen LogP) is 6.79. The Morgan fingerprint density at radius 2 is 1.60 bits per heavy atom. The number of benzene rings is 2. The van der Waals surface area contributed by atoms with Crippen LogP contribution in [-0.2, 0) is 23.7 Å². The van der Waals surface area contributed by atoms with Gasteiger partial charge in [-0.2, -0.15) is 0 Å². The van der Waals surface area contributed by atoms with E-state index in [2.05, 4.69) is 45.0 Å². The molecule has 0 amide bonds. The number of aryl methyl sites for hydroxylation is 1. The number of rotatable bonds is 5. The smallest absolute Gasteiger partial charge is 0.119 e. The first kappa shape index (κ1) is 20.0. The molecular weight excluding hydrogens is 368 g/mol. The molecule has 2 aromatic rings. The number of aromatic hydroxyl groups is 2. The lowest BCUT2D eigenvalue weighted by Gasteiger charge is -2.67. The van der Waals surface area contributed by atoms with Crippen molar-refractivity contribution >= 4 is 0 Å². The van der Waals surface area contributed by atoms with Crippen LogP contribution in [0.1, 0.15) is 88.0 Å². The van der Waals surface area contributed by atoms with Gasteiger partial charge in [0.05, 0.1) is 0 Å². The molecule has 4 fully saturated rings. The van der Waals surface area contributed by atoms with Gasteiger partial charge in [0, 0.05) is 0 Å². The molecule has 0 spiro atoms. The highest BCUT2D eigenvalue weighted by Gasteiger charge is 2.63. The van der Waals surface area contributed by atoms with Gasteiger partial charge in [-0.3, -0.25) is 0 Å². The zero-order valence-electron chi connectivity index (χ0n) is 18.8. The summed E-state index contributed by atoms with van der Waals surface area (Å²) in [6.45, 7) is 6.71. The van der Waals surface area contributed by atoms with Crippen molar-refractivity contribution in [3.05, 3.63) is 58.7 Å². The summed E-state index contributed by atoms with van der Waals surface area (Å²) in [6.07, 6.45) is 10.7. The van der Waals surface area contributed by atoms with Gasteiger partial charge in [0.1, 0.15) is 11.5 Å². The van der Waals surface area contributed by atoms with Crippen molar-refractivity contribution in [1.29, 1.82) is 0 Å². The lowest BCUT2D eigenvalue weighted by molar-refractivity contribution is -0.0923. The summed E-state index contributed by atoms with van der Waals surface area (Å²) in [4.78, 5) is 0. The van der Waals surface area contributed by atoms with Crippen LogP contribution in [0.2, 0.25) is 0 Å². The normalized spacial score (nSPS) is 34.4. The first-order valence-corrected chi connectivity index (χ1v) is 12.0. The fraction of sp³-hybridized carbons (Fsp3) is 0.571. The fourth-order valence-electron chi connectivity index (χ4n) is 8.30. The van der Waals surface area contributed by atoms with E-state index in [1.165, 1.54) is 61.6 Å². The molecule has 0 aromatic heterocycles. The highest BCUT2D eigenvalue weighted by Crippen LogP contribution is 2.71. The van der Waals surface area contributed by atoms with Gasteiger partial charge in [-0.25, -0.2) is 0 Å². The molecule has 2 heteroatoms. The monoisotopic (exact) mass is 404 g/mol. The van der Waals surface area contributed by atoms with Crippen molar-refractivity contribution < 1.29 is 10.2 Å². The Kier molecular flexibility index (Phi) is 4.51. The summed E-state index contributed by atoms with van der Waals surface area (Å²) < 4.78 is 0. The minimum atomic E-state index is 0.170. The van der Waals surface area contributed by atoms with E-state index >= 15 is 0 Å². The molecule has 2 aromatic carbocycles. The molecular formula is C28H36O2. The number of phenols is 2. The van der Waals surface area contributed by atoms with E-state index in [0.717, 1.165) is 24.3 Å². The van der Waals surface area contributed by atoms with Crippen molar-refractivity contribution in [3.63, 3.8) is 0 Å². The van der Waals surface area contributed by atoms with Gasteiger partial charge in [-0.05, 0) is 108 Å². The molecule has 4 atom stereocenters. The molecule has 4 bridgehead atoms. The van der Waals surface area contributed by atoms with Crippen LogP contribution in [0.15, 0.2) is 36.4 Å². The molecule has 30 heavy (non-hydrogen) atoms. The maximum absolute atomic E-state index is 10.7. The van der Waals surface area contributed by atoms with Crippen molar-refractivity contribution in [2.75, 3.05) is 0 Å². The van der Waals surface area contributed by atoms with Gasteiger partial charge in [0.25, 0.3) is 0 Å². The van der Waals surface area contributed by atoms with Crippen LogP contribution >= 0.6 is 0 Å². The first-order chi connectivity index (χ1) is 14.4. The van der Waals surface area contributed by atoms with E-state index in [0.29, 0.717) is 16.9 Å². The first-order valence-electron chi connectivity index (χ1n) is 12.0. The standard InChI is InChI=1S/C28H36O2/c1-4-20-12-21(10-11-24(20)29)27-14-19-13-26(6-3,16-27)17-28(15-19,18-27)23-8-7-9-25(30)22(23)5-2/h7-12,19,29-30H,4-6,13-18H2,1-3H3. The Morgan fingerprint density at radius 3 is 2.33 bits per heavy atom. The lowest BCUT2D eigenvalue weighted by atomic mass is 9.37. The van der Waals surface area contributed by atoms with Gasteiger partial charge in [0.2, 0.25) is 0 Å². The van der Waals surface area contributed by atoms with Gasteiger partial charge < -0.3 is 10.2 Å². The van der Waals surface area contributed by atoms with E-state index in [1.807, 2.05) is 12.1 Å². The quantitative estimate of drug-likeness (QED) is 0.576. The Bertz CT molecular complexity index is 979. The van der Waals surface area contributed by atoms with Gasteiger partial charge in [0.15, 0.2) is 0 Å². The van der Waals surface area contributed by atoms with Gasteiger partial charge in [-0.15, -0.1) is 0 Å². The molecule has 4 unspecified atom stereocenters. The molecule has 4 aliphatic rings. The van der Waals surface area contributed by atoms with Crippen LogP contribution in [0.3, 0.4) is 0 Å². The number of phenolic OH excluding ortho intramolecular Hbond substituents is 2. The maximum atomic E-state index is 10.7.